The number of piperidine rings is 1. The lowest BCUT2D eigenvalue weighted by Gasteiger charge is -2.28. The fourth-order valence-electron chi connectivity index (χ4n) is 2.34. The van der Waals surface area contributed by atoms with Crippen LogP contribution >= 0.6 is 0 Å². The molecule has 0 bridgehead atoms. The summed E-state index contributed by atoms with van der Waals surface area (Å²) in [5.41, 5.74) is 1.19. The number of amides is 1. The van der Waals surface area contributed by atoms with Crippen molar-refractivity contribution in [1.29, 1.82) is 0 Å². The van der Waals surface area contributed by atoms with Crippen LogP contribution in [0.3, 0.4) is 0 Å². The molecule has 0 aliphatic carbocycles. The normalized spacial score (nSPS) is 23.7. The van der Waals surface area contributed by atoms with E-state index in [0.29, 0.717) is 17.2 Å². The van der Waals surface area contributed by atoms with Crippen molar-refractivity contribution in [2.75, 3.05) is 11.9 Å². The van der Waals surface area contributed by atoms with Gasteiger partial charge in [-0.1, -0.05) is 6.92 Å². The average Bonchev–Trinajstić information content (AvgIpc) is 2.34. The van der Waals surface area contributed by atoms with E-state index in [1.54, 1.807) is 19.1 Å². The fourth-order valence-corrected chi connectivity index (χ4v) is 2.34. The number of carbonyl (C=O) groups is 1. The monoisotopic (exact) mass is 250 g/mol. The van der Waals surface area contributed by atoms with Gasteiger partial charge in [-0.25, -0.2) is 4.39 Å². The summed E-state index contributed by atoms with van der Waals surface area (Å²) < 4.78 is 13.1. The lowest BCUT2D eigenvalue weighted by Crippen LogP contribution is -2.48. The van der Waals surface area contributed by atoms with Crippen molar-refractivity contribution in [2.45, 2.75) is 32.7 Å². The zero-order chi connectivity index (χ0) is 13.1. The van der Waals surface area contributed by atoms with Crippen molar-refractivity contribution < 1.29 is 9.18 Å². The zero-order valence-electron chi connectivity index (χ0n) is 10.8. The van der Waals surface area contributed by atoms with Crippen LogP contribution in [0.15, 0.2) is 18.2 Å². The molecule has 1 fully saturated rings. The topological polar surface area (TPSA) is 41.1 Å². The molecule has 3 nitrogen and oxygen atoms in total. The summed E-state index contributed by atoms with van der Waals surface area (Å²) in [6.07, 6.45) is 2.17. The van der Waals surface area contributed by atoms with Crippen LogP contribution < -0.4 is 10.6 Å². The van der Waals surface area contributed by atoms with E-state index in [9.17, 15) is 9.18 Å². The summed E-state index contributed by atoms with van der Waals surface area (Å²) >= 11 is 0. The summed E-state index contributed by atoms with van der Waals surface area (Å²) in [7, 11) is 0. The number of hydrogen-bond donors (Lipinski definition) is 2. The minimum atomic E-state index is -0.253. The van der Waals surface area contributed by atoms with Gasteiger partial charge in [0.25, 0.3) is 0 Å². The maximum absolute atomic E-state index is 13.1. The van der Waals surface area contributed by atoms with Crippen LogP contribution in [0.2, 0.25) is 0 Å². The zero-order valence-corrected chi connectivity index (χ0v) is 10.8. The second kappa shape index (κ2) is 5.48. The highest BCUT2D eigenvalue weighted by atomic mass is 19.1. The van der Waals surface area contributed by atoms with Crippen LogP contribution in [0.25, 0.3) is 0 Å². The van der Waals surface area contributed by atoms with E-state index in [1.807, 2.05) is 0 Å². The van der Waals surface area contributed by atoms with E-state index in [4.69, 9.17) is 0 Å². The van der Waals surface area contributed by atoms with Crippen LogP contribution in [0.1, 0.15) is 25.3 Å². The van der Waals surface area contributed by atoms with Gasteiger partial charge < -0.3 is 10.6 Å². The number of benzene rings is 1. The van der Waals surface area contributed by atoms with E-state index >= 15 is 0 Å². The number of halogens is 1. The Kier molecular flexibility index (Phi) is 3.97. The molecular weight excluding hydrogens is 231 g/mol. The van der Waals surface area contributed by atoms with Gasteiger partial charge in [0.05, 0.1) is 6.04 Å². The molecule has 2 rings (SSSR count). The molecule has 2 unspecified atom stereocenters. The number of hydrogen-bond acceptors (Lipinski definition) is 2. The molecule has 18 heavy (non-hydrogen) atoms. The third-order valence-electron chi connectivity index (χ3n) is 3.48. The second-order valence-corrected chi connectivity index (χ2v) is 5.00. The van der Waals surface area contributed by atoms with Crippen LogP contribution in [0.5, 0.6) is 0 Å². The summed E-state index contributed by atoms with van der Waals surface area (Å²) in [5, 5.41) is 6.07. The smallest absolute Gasteiger partial charge is 0.241 e. The molecule has 0 radical (unpaired) electrons. The van der Waals surface area contributed by atoms with Gasteiger partial charge in [-0.15, -0.1) is 0 Å². The molecular formula is C14H19FN2O. The van der Waals surface area contributed by atoms with E-state index < -0.39 is 0 Å². The minimum Gasteiger partial charge on any atom is -0.325 e. The Bertz CT molecular complexity index is 447. The van der Waals surface area contributed by atoms with Crippen molar-refractivity contribution in [1.82, 2.24) is 5.32 Å². The Morgan fingerprint density at radius 3 is 2.94 bits per heavy atom. The highest BCUT2D eigenvalue weighted by Gasteiger charge is 2.27. The van der Waals surface area contributed by atoms with Gasteiger partial charge in [0, 0.05) is 5.69 Å². The molecule has 1 aliphatic rings. The van der Waals surface area contributed by atoms with Gasteiger partial charge in [-0.2, -0.15) is 0 Å². The molecule has 0 spiro atoms. The van der Waals surface area contributed by atoms with Crippen molar-refractivity contribution in [3.05, 3.63) is 29.6 Å². The third-order valence-corrected chi connectivity index (χ3v) is 3.48. The molecule has 1 heterocycles. The van der Waals surface area contributed by atoms with Gasteiger partial charge in [0.2, 0.25) is 5.91 Å². The molecule has 0 saturated carbocycles. The predicted molar refractivity (Wildman–Crippen MR) is 70.0 cm³/mol. The quantitative estimate of drug-likeness (QED) is 0.846. The highest BCUT2D eigenvalue weighted by molar-refractivity contribution is 5.95. The van der Waals surface area contributed by atoms with E-state index in [1.165, 1.54) is 6.07 Å². The molecule has 1 amide bonds. The second-order valence-electron chi connectivity index (χ2n) is 5.00. The SMILES string of the molecule is Cc1cc(NC(=O)C2NCCCC2C)ccc1F. The largest absolute Gasteiger partial charge is 0.325 e. The fraction of sp³-hybridized carbons (Fsp3) is 0.500. The number of rotatable bonds is 2. The van der Waals surface area contributed by atoms with Crippen LogP contribution in [0.4, 0.5) is 10.1 Å². The van der Waals surface area contributed by atoms with Crippen LogP contribution in [0, 0.1) is 18.7 Å². The van der Waals surface area contributed by atoms with Gasteiger partial charge in [0.15, 0.2) is 0 Å². The van der Waals surface area contributed by atoms with Crippen molar-refractivity contribution >= 4 is 11.6 Å². The first kappa shape index (κ1) is 13.0. The first-order valence-corrected chi connectivity index (χ1v) is 6.38. The summed E-state index contributed by atoms with van der Waals surface area (Å²) in [4.78, 5) is 12.1. The summed E-state index contributed by atoms with van der Waals surface area (Å²) in [5.74, 6) is 0.0469. The first-order valence-electron chi connectivity index (χ1n) is 6.38. The highest BCUT2D eigenvalue weighted by Crippen LogP contribution is 2.18. The predicted octanol–water partition coefficient (Wildman–Crippen LogP) is 2.46. The lowest BCUT2D eigenvalue weighted by atomic mass is 9.92. The summed E-state index contributed by atoms with van der Waals surface area (Å²) in [6, 6.07) is 4.47. The Hall–Kier alpha value is -1.42. The van der Waals surface area contributed by atoms with E-state index in [0.717, 1.165) is 19.4 Å². The minimum absolute atomic E-state index is 0.0341. The number of anilines is 1. The molecule has 2 atom stereocenters. The molecule has 1 aliphatic heterocycles. The molecule has 0 aromatic heterocycles. The van der Waals surface area contributed by atoms with Crippen molar-refractivity contribution in [2.24, 2.45) is 5.92 Å². The Labute approximate surface area is 107 Å². The van der Waals surface area contributed by atoms with Crippen molar-refractivity contribution in [3.63, 3.8) is 0 Å². The molecule has 1 aromatic rings. The maximum Gasteiger partial charge on any atom is 0.241 e. The van der Waals surface area contributed by atoms with Crippen molar-refractivity contribution in [3.8, 4) is 0 Å². The van der Waals surface area contributed by atoms with Gasteiger partial charge in [-0.3, -0.25) is 4.79 Å². The van der Waals surface area contributed by atoms with E-state index in [-0.39, 0.29) is 17.8 Å². The molecule has 1 saturated heterocycles. The molecule has 98 valence electrons. The van der Waals surface area contributed by atoms with E-state index in [2.05, 4.69) is 17.6 Å². The van der Waals surface area contributed by atoms with Gasteiger partial charge >= 0.3 is 0 Å². The maximum atomic E-state index is 13.1. The first-order chi connectivity index (χ1) is 8.58. The number of carbonyl (C=O) groups excluding carboxylic acids is 1. The Morgan fingerprint density at radius 2 is 2.28 bits per heavy atom. The number of aryl methyl sites for hydroxylation is 1. The lowest BCUT2D eigenvalue weighted by molar-refractivity contribution is -0.119. The Morgan fingerprint density at radius 1 is 1.50 bits per heavy atom. The van der Waals surface area contributed by atoms with Crippen LogP contribution in [-0.4, -0.2) is 18.5 Å². The summed E-state index contributed by atoms with van der Waals surface area (Å²) in [6.45, 7) is 4.64. The standard InChI is InChI=1S/C14H19FN2O/c1-9-4-3-7-16-13(9)14(18)17-11-5-6-12(15)10(2)8-11/h5-6,8-9,13,16H,3-4,7H2,1-2H3,(H,17,18). The third kappa shape index (κ3) is 2.88. The molecule has 2 N–H and O–H groups in total. The Balaban J connectivity index is 2.04. The molecule has 1 aromatic carbocycles. The van der Waals surface area contributed by atoms with Crippen LogP contribution in [-0.2, 0) is 4.79 Å². The van der Waals surface area contributed by atoms with Gasteiger partial charge in [0.1, 0.15) is 5.82 Å². The molecule has 4 heteroatoms. The number of nitrogens with one attached hydrogen (secondary N) is 2. The van der Waals surface area contributed by atoms with Gasteiger partial charge in [-0.05, 0) is 56.0 Å². The average molecular weight is 250 g/mol.